The van der Waals surface area contributed by atoms with E-state index in [0.29, 0.717) is 18.7 Å². The number of ether oxygens (including phenoxy) is 3. The van der Waals surface area contributed by atoms with Crippen molar-refractivity contribution in [3.05, 3.63) is 35.4 Å². The van der Waals surface area contributed by atoms with Crippen LogP contribution in [-0.2, 0) is 11.3 Å². The van der Waals surface area contributed by atoms with Crippen LogP contribution >= 0.6 is 0 Å². The Kier molecular flexibility index (Phi) is 8.21. The summed E-state index contributed by atoms with van der Waals surface area (Å²) < 4.78 is 16.4. The fourth-order valence-corrected chi connectivity index (χ4v) is 2.77. The molecule has 0 amide bonds. The maximum absolute atomic E-state index is 5.76. The van der Waals surface area contributed by atoms with E-state index in [4.69, 9.17) is 14.2 Å². The Labute approximate surface area is 150 Å². The lowest BCUT2D eigenvalue weighted by molar-refractivity contribution is 0.171. The van der Waals surface area contributed by atoms with Crippen molar-refractivity contribution in [2.45, 2.75) is 38.9 Å². The van der Waals surface area contributed by atoms with Gasteiger partial charge in [-0.25, -0.2) is 0 Å². The second-order valence-corrected chi connectivity index (χ2v) is 6.58. The number of rotatable bonds is 10. The quantitative estimate of drug-likeness (QED) is 0.562. The van der Waals surface area contributed by atoms with E-state index in [2.05, 4.69) is 36.1 Å². The molecule has 3 N–H and O–H groups in total. The first-order valence-corrected chi connectivity index (χ1v) is 8.76. The van der Waals surface area contributed by atoms with Crippen LogP contribution in [0.5, 0.6) is 11.5 Å². The predicted molar refractivity (Wildman–Crippen MR) is 100.0 cm³/mol. The topological polar surface area (TPSA) is 63.8 Å². The van der Waals surface area contributed by atoms with Gasteiger partial charge in [-0.3, -0.25) is 10.9 Å². The molecule has 0 aromatic heterocycles. The molecule has 1 aliphatic heterocycles. The molecule has 2 rings (SSSR count). The van der Waals surface area contributed by atoms with E-state index in [1.807, 2.05) is 18.2 Å². The van der Waals surface area contributed by atoms with Gasteiger partial charge in [-0.15, -0.1) is 0 Å². The molecule has 2 atom stereocenters. The smallest absolute Gasteiger partial charge is 0.161 e. The number of nitrogens with one attached hydrogen (secondary N) is 3. The molecule has 0 spiro atoms. The molecule has 25 heavy (non-hydrogen) atoms. The van der Waals surface area contributed by atoms with Gasteiger partial charge in [-0.1, -0.05) is 11.6 Å². The average molecular weight is 349 g/mol. The monoisotopic (exact) mass is 349 g/mol. The number of benzene rings is 1. The molecule has 0 radical (unpaired) electrons. The van der Waals surface area contributed by atoms with Gasteiger partial charge in [0.1, 0.15) is 6.61 Å². The second kappa shape index (κ2) is 10.4. The van der Waals surface area contributed by atoms with Gasteiger partial charge in [-0.05, 0) is 44.0 Å². The number of hydrogen-bond donors (Lipinski definition) is 3. The molecule has 140 valence electrons. The summed E-state index contributed by atoms with van der Waals surface area (Å²) in [5.74, 6) is 1.54. The Morgan fingerprint density at radius 3 is 2.72 bits per heavy atom. The van der Waals surface area contributed by atoms with Crippen molar-refractivity contribution in [3.8, 4) is 11.5 Å². The van der Waals surface area contributed by atoms with Gasteiger partial charge in [0.2, 0.25) is 0 Å². The second-order valence-electron chi connectivity index (χ2n) is 6.58. The summed E-state index contributed by atoms with van der Waals surface area (Å²) in [7, 11) is 3.40. The minimum absolute atomic E-state index is 0.383. The van der Waals surface area contributed by atoms with E-state index >= 15 is 0 Å². The predicted octanol–water partition coefficient (Wildman–Crippen LogP) is 2.01. The minimum Gasteiger partial charge on any atom is -0.493 e. The van der Waals surface area contributed by atoms with Crippen molar-refractivity contribution < 1.29 is 14.2 Å². The zero-order valence-corrected chi connectivity index (χ0v) is 15.7. The van der Waals surface area contributed by atoms with Gasteiger partial charge in [0.25, 0.3) is 0 Å². The fourth-order valence-electron chi connectivity index (χ4n) is 2.77. The summed E-state index contributed by atoms with van der Waals surface area (Å²) in [6, 6.07) is 6.86. The Balaban J connectivity index is 1.79. The van der Waals surface area contributed by atoms with Crippen molar-refractivity contribution in [3.63, 3.8) is 0 Å². The zero-order chi connectivity index (χ0) is 18.1. The molecule has 6 heteroatoms. The highest BCUT2D eigenvalue weighted by atomic mass is 16.5. The highest BCUT2D eigenvalue weighted by Crippen LogP contribution is 2.28. The lowest BCUT2D eigenvalue weighted by Gasteiger charge is -2.13. The maximum Gasteiger partial charge on any atom is 0.161 e. The van der Waals surface area contributed by atoms with E-state index in [0.717, 1.165) is 37.6 Å². The maximum atomic E-state index is 5.76. The molecule has 1 aromatic rings. The van der Waals surface area contributed by atoms with Crippen molar-refractivity contribution in [2.75, 3.05) is 34.0 Å². The van der Waals surface area contributed by atoms with E-state index < -0.39 is 0 Å². The first-order chi connectivity index (χ1) is 12.1. The first-order valence-electron chi connectivity index (χ1n) is 8.76. The Morgan fingerprint density at radius 1 is 1.20 bits per heavy atom. The Morgan fingerprint density at radius 2 is 2.00 bits per heavy atom. The van der Waals surface area contributed by atoms with Crippen molar-refractivity contribution >= 4 is 0 Å². The van der Waals surface area contributed by atoms with Gasteiger partial charge in [-0.2, -0.15) is 0 Å². The van der Waals surface area contributed by atoms with Crippen molar-refractivity contribution in [1.29, 1.82) is 0 Å². The third kappa shape index (κ3) is 6.66. The summed E-state index contributed by atoms with van der Waals surface area (Å²) in [5, 5.41) is 3.49. The van der Waals surface area contributed by atoms with Crippen molar-refractivity contribution in [2.24, 2.45) is 0 Å². The number of methoxy groups -OCH3 is 2. The highest BCUT2D eigenvalue weighted by molar-refractivity contribution is 5.43. The third-order valence-electron chi connectivity index (χ3n) is 4.11. The largest absolute Gasteiger partial charge is 0.493 e. The zero-order valence-electron chi connectivity index (χ0n) is 15.7. The molecule has 1 heterocycles. The number of allylic oxidation sites excluding steroid dienone is 1. The van der Waals surface area contributed by atoms with Gasteiger partial charge in [0.05, 0.1) is 13.7 Å². The standard InChI is InChI=1S/C19H31N3O3/c1-14(2)7-8-25-18-6-5-15(9-19(18)24-4)11-20-12-16-10-17(13-23-3)22-21-16/h5-7,9,16-17,20-22H,8,10-13H2,1-4H3. The first kappa shape index (κ1) is 19.7. The van der Waals surface area contributed by atoms with Crippen molar-refractivity contribution in [1.82, 2.24) is 16.2 Å². The minimum atomic E-state index is 0.383. The summed E-state index contributed by atoms with van der Waals surface area (Å²) in [4.78, 5) is 0. The van der Waals surface area contributed by atoms with Crippen LogP contribution in [0.15, 0.2) is 29.8 Å². The average Bonchev–Trinajstić information content (AvgIpc) is 3.03. The molecular weight excluding hydrogens is 318 g/mol. The molecule has 0 bridgehead atoms. The highest BCUT2D eigenvalue weighted by Gasteiger charge is 2.22. The lowest BCUT2D eigenvalue weighted by Crippen LogP contribution is -2.39. The fraction of sp³-hybridized carbons (Fsp3) is 0.579. The van der Waals surface area contributed by atoms with E-state index in [1.54, 1.807) is 14.2 Å². The number of hydrogen-bond acceptors (Lipinski definition) is 6. The van der Waals surface area contributed by atoms with Crippen LogP contribution in [-0.4, -0.2) is 46.1 Å². The summed E-state index contributed by atoms with van der Waals surface area (Å²) >= 11 is 0. The van der Waals surface area contributed by atoms with Crippen LogP contribution in [0.4, 0.5) is 0 Å². The van der Waals surface area contributed by atoms with Crippen LogP contribution in [0.1, 0.15) is 25.8 Å². The lowest BCUT2D eigenvalue weighted by atomic mass is 10.1. The van der Waals surface area contributed by atoms with Crippen LogP contribution in [0.25, 0.3) is 0 Å². The molecule has 1 aromatic carbocycles. The van der Waals surface area contributed by atoms with E-state index in [-0.39, 0.29) is 0 Å². The Bertz CT molecular complexity index is 559. The molecule has 0 saturated carbocycles. The summed E-state index contributed by atoms with van der Waals surface area (Å²) in [6.45, 7) is 7.09. The normalized spacial score (nSPS) is 19.7. The van der Waals surface area contributed by atoms with Gasteiger partial charge >= 0.3 is 0 Å². The summed E-state index contributed by atoms with van der Waals surface area (Å²) in [5.41, 5.74) is 8.96. The van der Waals surface area contributed by atoms with Gasteiger partial charge in [0.15, 0.2) is 11.5 Å². The van der Waals surface area contributed by atoms with Gasteiger partial charge in [0, 0.05) is 32.3 Å². The molecule has 2 unspecified atom stereocenters. The van der Waals surface area contributed by atoms with Crippen LogP contribution in [0.3, 0.4) is 0 Å². The molecule has 0 aliphatic carbocycles. The Hall–Kier alpha value is -1.60. The number of hydrazine groups is 1. The molecular formula is C19H31N3O3. The third-order valence-corrected chi connectivity index (χ3v) is 4.11. The van der Waals surface area contributed by atoms with Gasteiger partial charge < -0.3 is 19.5 Å². The van der Waals surface area contributed by atoms with Crippen LogP contribution < -0.4 is 25.6 Å². The van der Waals surface area contributed by atoms with E-state index in [1.165, 1.54) is 11.1 Å². The SMILES string of the molecule is COCC1CC(CNCc2ccc(OCC=C(C)C)c(OC)c2)NN1. The van der Waals surface area contributed by atoms with Crippen LogP contribution in [0, 0.1) is 0 Å². The van der Waals surface area contributed by atoms with E-state index in [9.17, 15) is 0 Å². The van der Waals surface area contributed by atoms with Crippen LogP contribution in [0.2, 0.25) is 0 Å². The molecule has 1 aliphatic rings. The summed E-state index contributed by atoms with van der Waals surface area (Å²) in [6.07, 6.45) is 3.11. The molecule has 6 nitrogen and oxygen atoms in total. The molecule has 1 saturated heterocycles. The molecule has 1 fully saturated rings.